The minimum atomic E-state index is -0.849. The van der Waals surface area contributed by atoms with Crippen molar-refractivity contribution in [1.82, 2.24) is 9.55 Å². The van der Waals surface area contributed by atoms with Crippen molar-refractivity contribution in [2.75, 3.05) is 44.5 Å². The molecule has 1 aliphatic rings. The molecule has 0 atom stereocenters. The monoisotopic (exact) mass is 599 g/mol. The lowest BCUT2D eigenvalue weighted by molar-refractivity contribution is -0.365. The van der Waals surface area contributed by atoms with Crippen LogP contribution in [0.5, 0.6) is 0 Å². The molecule has 234 valence electrons. The van der Waals surface area contributed by atoms with Crippen LogP contribution in [0, 0.1) is 28.4 Å². The van der Waals surface area contributed by atoms with Gasteiger partial charge < -0.3 is 23.8 Å². The molecule has 12 heteroatoms. The Balaban J connectivity index is 0.000000388. The van der Waals surface area contributed by atoms with E-state index < -0.39 is 17.6 Å². The highest BCUT2D eigenvalue weighted by Crippen LogP contribution is 2.33. The van der Waals surface area contributed by atoms with E-state index in [1.807, 2.05) is 20.8 Å². The van der Waals surface area contributed by atoms with Crippen LogP contribution in [0.25, 0.3) is 10.9 Å². The van der Waals surface area contributed by atoms with Gasteiger partial charge in [-0.15, -0.1) is 0 Å². The summed E-state index contributed by atoms with van der Waals surface area (Å²) in [6.07, 6.45) is 1.25. The molecule has 1 aromatic heterocycles. The Kier molecular flexibility index (Phi) is 14.4. The quantitative estimate of drug-likeness (QED) is 0.140. The molecule has 4 rings (SSSR count). The highest BCUT2D eigenvalue weighted by molar-refractivity contribution is 6.32. The molecule has 0 unspecified atom stereocenters. The van der Waals surface area contributed by atoms with Crippen LogP contribution in [-0.4, -0.2) is 68.8 Å². The third kappa shape index (κ3) is 9.92. The average Bonchev–Trinajstić information content (AvgIpc) is 2.88. The number of hydrogen-bond acceptors (Lipinski definition) is 8. The first-order valence-corrected chi connectivity index (χ1v) is 14.6. The zero-order valence-corrected chi connectivity index (χ0v) is 26.3. The molecule has 2 radical (unpaired) electrons. The van der Waals surface area contributed by atoms with E-state index in [0.717, 1.165) is 0 Å². The van der Waals surface area contributed by atoms with Gasteiger partial charge in [-0.25, -0.2) is 8.78 Å². The maximum Gasteiger partial charge on any atom is 0.279 e. The molecule has 0 amide bonds. The Hall–Kier alpha value is -3.19. The van der Waals surface area contributed by atoms with Crippen molar-refractivity contribution in [2.45, 2.75) is 60.9 Å². The molecule has 0 saturated carbocycles. The van der Waals surface area contributed by atoms with Gasteiger partial charge in [-0.05, 0) is 58.0 Å². The van der Waals surface area contributed by atoms with Gasteiger partial charge in [0, 0.05) is 44.9 Å². The summed E-state index contributed by atoms with van der Waals surface area (Å²) in [5, 5.41) is 16.4. The fourth-order valence-corrected chi connectivity index (χ4v) is 4.40. The van der Waals surface area contributed by atoms with Crippen LogP contribution in [0.1, 0.15) is 54.9 Å². The van der Waals surface area contributed by atoms with Crippen molar-refractivity contribution >= 4 is 41.6 Å². The van der Waals surface area contributed by atoms with Crippen LogP contribution in [-0.2, 0) is 18.9 Å². The van der Waals surface area contributed by atoms with Crippen LogP contribution >= 0.6 is 0 Å². The fraction of sp³-hybridized carbons (Fsp3) is 0.516. The molecule has 2 N–H and O–H groups in total. The van der Waals surface area contributed by atoms with Gasteiger partial charge in [-0.1, -0.05) is 31.8 Å². The van der Waals surface area contributed by atoms with Gasteiger partial charge in [-0.3, -0.25) is 15.4 Å². The van der Waals surface area contributed by atoms with Gasteiger partial charge in [0.05, 0.1) is 24.1 Å². The summed E-state index contributed by atoms with van der Waals surface area (Å²) >= 11 is 0. The second-order valence-electron chi connectivity index (χ2n) is 9.94. The number of nitrogens with one attached hydrogen (secondary N) is 2. The topological polar surface area (TPSA) is 106 Å². The number of benzene rings is 2. The van der Waals surface area contributed by atoms with Gasteiger partial charge in [0.15, 0.2) is 0 Å². The maximum absolute atomic E-state index is 15.0. The molecular formula is C31H44BF2N5O4. The van der Waals surface area contributed by atoms with Crippen molar-refractivity contribution in [3.05, 3.63) is 53.7 Å². The van der Waals surface area contributed by atoms with Crippen molar-refractivity contribution in [3.63, 3.8) is 0 Å². The molecular weight excluding hydrogens is 555 g/mol. The standard InChI is InChI=1S/C20H18BF2N5O.C8H18O3.C3H8/c1-11(24)28-17-4-2-3-16(23)18(17)19(26-20(28)25)27(8-12-9-29-10-12)15-6-13(21)5-14(22)7-15;1-5-9-8(4,10-6-2)11-7-3;1-3-2/h2-7,12,24-25H,8-10H2,1H3;5-7H2,1-4H3;3H2,1-2H3. The summed E-state index contributed by atoms with van der Waals surface area (Å²) in [6, 6.07) is 8.54. The maximum atomic E-state index is 15.0. The third-order valence-electron chi connectivity index (χ3n) is 6.05. The van der Waals surface area contributed by atoms with Crippen molar-refractivity contribution < 1.29 is 27.7 Å². The largest absolute Gasteiger partial charge is 0.381 e. The number of rotatable bonds is 10. The van der Waals surface area contributed by atoms with Gasteiger partial charge >= 0.3 is 0 Å². The molecule has 3 aromatic rings. The van der Waals surface area contributed by atoms with E-state index in [4.69, 9.17) is 37.6 Å². The summed E-state index contributed by atoms with van der Waals surface area (Å²) in [7, 11) is 5.83. The second kappa shape index (κ2) is 17.2. The Morgan fingerprint density at radius 3 is 2.12 bits per heavy atom. The lowest BCUT2D eigenvalue weighted by Crippen LogP contribution is -2.39. The molecule has 2 aromatic carbocycles. The Morgan fingerprint density at radius 2 is 1.65 bits per heavy atom. The second-order valence-corrected chi connectivity index (χ2v) is 9.94. The van der Waals surface area contributed by atoms with Gasteiger partial charge in [-0.2, -0.15) is 4.98 Å². The summed E-state index contributed by atoms with van der Waals surface area (Å²) in [4.78, 5) is 5.97. The molecule has 2 heterocycles. The van der Waals surface area contributed by atoms with Crippen LogP contribution in [0.2, 0.25) is 0 Å². The predicted octanol–water partition coefficient (Wildman–Crippen LogP) is 5.40. The van der Waals surface area contributed by atoms with Crippen LogP contribution < -0.4 is 16.0 Å². The molecule has 1 saturated heterocycles. The summed E-state index contributed by atoms with van der Waals surface area (Å²) in [6.45, 7) is 16.5. The lowest BCUT2D eigenvalue weighted by Gasteiger charge is -2.34. The number of fused-ring (bicyclic) bond motifs is 1. The summed E-state index contributed by atoms with van der Waals surface area (Å²) in [5.41, 5.74) is 0.763. The first-order valence-electron chi connectivity index (χ1n) is 14.6. The van der Waals surface area contributed by atoms with Gasteiger partial charge in [0.1, 0.15) is 31.1 Å². The number of nitrogens with zero attached hydrogens (tertiary/aromatic N) is 3. The molecule has 1 fully saturated rings. The van der Waals surface area contributed by atoms with Crippen LogP contribution in [0.15, 0.2) is 36.4 Å². The Labute approximate surface area is 254 Å². The zero-order valence-electron chi connectivity index (χ0n) is 26.3. The zero-order chi connectivity index (χ0) is 32.2. The highest BCUT2D eigenvalue weighted by Gasteiger charge is 2.27. The van der Waals surface area contributed by atoms with E-state index in [1.165, 1.54) is 42.2 Å². The first-order chi connectivity index (χ1) is 20.4. The Morgan fingerprint density at radius 1 is 1.07 bits per heavy atom. The first kappa shape index (κ1) is 36.0. The average molecular weight is 600 g/mol. The van der Waals surface area contributed by atoms with Crippen molar-refractivity contribution in [1.29, 1.82) is 10.8 Å². The molecule has 0 spiro atoms. The number of aromatic nitrogens is 2. The van der Waals surface area contributed by atoms with Gasteiger partial charge in [0.2, 0.25) is 5.62 Å². The minimum Gasteiger partial charge on any atom is -0.381 e. The van der Waals surface area contributed by atoms with E-state index >= 15 is 0 Å². The number of halogens is 2. The predicted molar refractivity (Wildman–Crippen MR) is 167 cm³/mol. The summed E-state index contributed by atoms with van der Waals surface area (Å²) < 4.78 is 51.3. The number of anilines is 2. The van der Waals surface area contributed by atoms with E-state index in [0.29, 0.717) is 50.8 Å². The fourth-order valence-electron chi connectivity index (χ4n) is 4.40. The third-order valence-corrected chi connectivity index (χ3v) is 6.05. The van der Waals surface area contributed by atoms with Crippen molar-refractivity contribution in [2.24, 2.45) is 5.92 Å². The highest BCUT2D eigenvalue weighted by atomic mass is 19.1. The van der Waals surface area contributed by atoms with Crippen LogP contribution in [0.3, 0.4) is 0 Å². The smallest absolute Gasteiger partial charge is 0.279 e. The number of ether oxygens (including phenoxy) is 4. The van der Waals surface area contributed by atoms with E-state index in [2.05, 4.69) is 18.8 Å². The van der Waals surface area contributed by atoms with E-state index in [-0.39, 0.29) is 34.0 Å². The van der Waals surface area contributed by atoms with Gasteiger partial charge in [0.25, 0.3) is 5.97 Å². The molecule has 0 bridgehead atoms. The molecule has 43 heavy (non-hydrogen) atoms. The summed E-state index contributed by atoms with van der Waals surface area (Å²) in [5.74, 6) is -1.55. The van der Waals surface area contributed by atoms with Crippen LogP contribution in [0.4, 0.5) is 20.3 Å². The normalized spacial score (nSPS) is 13.0. The molecule has 0 aliphatic carbocycles. The Bertz CT molecular complexity index is 1360. The SMILES string of the molecule is CCC.CCOC(C)(OCC)OCC.[B]c1cc(F)cc(N(CC2COC2)c2nc(=N)n(C(C)=N)c3cccc(F)c23)c1. The minimum absolute atomic E-state index is 0.0404. The van der Waals surface area contributed by atoms with E-state index in [1.54, 1.807) is 24.0 Å². The number of hydrogen-bond donors (Lipinski definition) is 2. The van der Waals surface area contributed by atoms with E-state index in [9.17, 15) is 8.78 Å². The lowest BCUT2D eigenvalue weighted by atomic mass is 9.95. The molecule has 1 aliphatic heterocycles. The van der Waals surface area contributed by atoms with Crippen molar-refractivity contribution in [3.8, 4) is 0 Å². The molecule has 9 nitrogen and oxygen atoms in total.